The van der Waals surface area contributed by atoms with E-state index in [1.807, 2.05) is 12.1 Å². The highest BCUT2D eigenvalue weighted by Crippen LogP contribution is 2.24. The van der Waals surface area contributed by atoms with Crippen LogP contribution in [0.1, 0.15) is 32.6 Å². The Morgan fingerprint density at radius 3 is 2.81 bits per heavy atom. The summed E-state index contributed by atoms with van der Waals surface area (Å²) in [5, 5.41) is 6.90. The third kappa shape index (κ3) is 8.80. The number of alkyl halides is 2. The molecule has 1 aromatic carbocycles. The van der Waals surface area contributed by atoms with Crippen LogP contribution in [0.5, 0.6) is 5.75 Å². The van der Waals surface area contributed by atoms with Crippen molar-refractivity contribution in [2.75, 3.05) is 44.3 Å². The Kier molecular flexibility index (Phi) is 11.3. The number of ether oxygens (including phenoxy) is 2. The Balaban J connectivity index is 0.00000341. The number of rotatable bonds is 8. The van der Waals surface area contributed by atoms with E-state index in [1.54, 1.807) is 12.1 Å². The highest BCUT2D eigenvalue weighted by atomic mass is 127. The summed E-state index contributed by atoms with van der Waals surface area (Å²) in [5.41, 5.74) is 2.43. The summed E-state index contributed by atoms with van der Waals surface area (Å²) >= 11 is 0. The van der Waals surface area contributed by atoms with Gasteiger partial charge in [0.25, 0.3) is 0 Å². The summed E-state index contributed by atoms with van der Waals surface area (Å²) in [4.78, 5) is 7.01. The maximum Gasteiger partial charge on any atom is 0.387 e. The first-order valence-corrected chi connectivity index (χ1v) is 10.7. The molecule has 0 bridgehead atoms. The lowest BCUT2D eigenvalue weighted by atomic mass is 10.0. The molecule has 2 heterocycles. The molecule has 1 atom stereocenters. The quantitative estimate of drug-likeness (QED) is 0.220. The largest absolute Gasteiger partial charge is 0.435 e. The van der Waals surface area contributed by atoms with Crippen LogP contribution in [0.25, 0.3) is 0 Å². The number of nitrogens with one attached hydrogen (secondary N) is 2. The normalized spacial score (nSPS) is 19.5. The van der Waals surface area contributed by atoms with Crippen molar-refractivity contribution in [1.82, 2.24) is 10.6 Å². The van der Waals surface area contributed by atoms with Crippen molar-refractivity contribution in [2.24, 2.45) is 4.99 Å². The zero-order chi connectivity index (χ0) is 21.2. The fourth-order valence-electron chi connectivity index (χ4n) is 3.79. The number of halogens is 3. The monoisotopic (exact) mass is 550 g/mol. The van der Waals surface area contributed by atoms with E-state index in [-0.39, 0.29) is 35.8 Å². The van der Waals surface area contributed by atoms with Gasteiger partial charge in [-0.15, -0.1) is 24.0 Å². The molecule has 3 rings (SSSR count). The van der Waals surface area contributed by atoms with Crippen LogP contribution in [-0.2, 0) is 4.74 Å². The molecule has 2 N–H and O–H groups in total. The molecule has 1 saturated heterocycles. The number of hydrogen-bond acceptors (Lipinski definition) is 4. The molecule has 0 spiro atoms. The Morgan fingerprint density at radius 2 is 2.13 bits per heavy atom. The molecular formula is C22H33F2IN4O2. The molecular weight excluding hydrogens is 517 g/mol. The summed E-state index contributed by atoms with van der Waals surface area (Å²) < 4.78 is 34.5. The number of aliphatic imine (C=N–C) groups is 1. The first kappa shape index (κ1) is 25.6. The van der Waals surface area contributed by atoms with Gasteiger partial charge in [0.15, 0.2) is 5.96 Å². The van der Waals surface area contributed by atoms with Gasteiger partial charge in [0.1, 0.15) is 5.75 Å². The van der Waals surface area contributed by atoms with Gasteiger partial charge in [0, 0.05) is 37.9 Å². The molecule has 1 unspecified atom stereocenters. The molecule has 0 aliphatic carbocycles. The lowest BCUT2D eigenvalue weighted by Gasteiger charge is -2.35. The molecule has 0 amide bonds. The smallest absolute Gasteiger partial charge is 0.387 e. The summed E-state index contributed by atoms with van der Waals surface area (Å²) in [6.45, 7) is 4.12. The number of anilines is 1. The van der Waals surface area contributed by atoms with Gasteiger partial charge in [0.05, 0.1) is 13.2 Å². The fourth-order valence-corrected chi connectivity index (χ4v) is 3.79. The van der Waals surface area contributed by atoms with Crippen LogP contribution in [0.15, 0.2) is 40.9 Å². The van der Waals surface area contributed by atoms with Gasteiger partial charge in [-0.25, -0.2) is 0 Å². The number of piperidine rings is 1. The van der Waals surface area contributed by atoms with Gasteiger partial charge >= 0.3 is 6.61 Å². The van der Waals surface area contributed by atoms with Crippen molar-refractivity contribution in [3.05, 3.63) is 35.9 Å². The van der Waals surface area contributed by atoms with Gasteiger partial charge in [-0.05, 0) is 56.9 Å². The van der Waals surface area contributed by atoms with Crippen LogP contribution in [0.3, 0.4) is 0 Å². The summed E-state index contributed by atoms with van der Waals surface area (Å²) in [5.74, 6) is 1.03. The van der Waals surface area contributed by atoms with Crippen molar-refractivity contribution in [1.29, 1.82) is 0 Å². The van der Waals surface area contributed by atoms with E-state index in [0.29, 0.717) is 6.61 Å². The summed E-state index contributed by atoms with van der Waals surface area (Å²) in [6, 6.07) is 7.13. The van der Waals surface area contributed by atoms with Crippen molar-refractivity contribution in [3.8, 4) is 5.75 Å². The van der Waals surface area contributed by atoms with Crippen LogP contribution in [0.4, 0.5) is 14.5 Å². The maximum absolute atomic E-state index is 12.3. The van der Waals surface area contributed by atoms with Crippen LogP contribution in [0, 0.1) is 0 Å². The lowest BCUT2D eigenvalue weighted by Crippen LogP contribution is -2.51. The molecule has 0 radical (unpaired) electrons. The predicted molar refractivity (Wildman–Crippen MR) is 131 cm³/mol. The molecule has 6 nitrogen and oxygen atoms in total. The molecule has 2 aliphatic heterocycles. The van der Waals surface area contributed by atoms with Crippen LogP contribution < -0.4 is 20.3 Å². The van der Waals surface area contributed by atoms with Crippen molar-refractivity contribution in [3.63, 3.8) is 0 Å². The highest BCUT2D eigenvalue weighted by Gasteiger charge is 2.21. The van der Waals surface area contributed by atoms with Crippen LogP contribution in [0.2, 0.25) is 0 Å². The second kappa shape index (κ2) is 13.7. The maximum atomic E-state index is 12.3. The van der Waals surface area contributed by atoms with Gasteiger partial charge in [-0.2, -0.15) is 8.78 Å². The van der Waals surface area contributed by atoms with Gasteiger partial charge in [-0.1, -0.05) is 11.6 Å². The number of guanidine groups is 1. The van der Waals surface area contributed by atoms with E-state index < -0.39 is 6.61 Å². The number of hydrogen-bond donors (Lipinski definition) is 2. The third-order valence-electron chi connectivity index (χ3n) is 5.29. The zero-order valence-electron chi connectivity index (χ0n) is 18.0. The minimum Gasteiger partial charge on any atom is -0.435 e. The minimum absolute atomic E-state index is 0. The highest BCUT2D eigenvalue weighted by molar-refractivity contribution is 14.0. The lowest BCUT2D eigenvalue weighted by molar-refractivity contribution is -0.0498. The number of nitrogens with zero attached hydrogens (tertiary/aromatic N) is 2. The van der Waals surface area contributed by atoms with Gasteiger partial charge in [0.2, 0.25) is 0 Å². The van der Waals surface area contributed by atoms with Crippen LogP contribution >= 0.6 is 24.0 Å². The fraction of sp³-hybridized carbons (Fsp3) is 0.591. The zero-order valence-corrected chi connectivity index (χ0v) is 20.3. The SMILES string of the molecule is CCNC(=NCCC1=CCOCC1)NC1CCCN(c2ccc(OC(F)F)cc2)C1.I. The average Bonchev–Trinajstić information content (AvgIpc) is 2.75. The molecule has 9 heteroatoms. The Bertz CT molecular complexity index is 716. The second-order valence-corrected chi connectivity index (χ2v) is 7.50. The standard InChI is InChI=1S/C22H32F2N4O2.HI/c1-2-25-22(26-12-9-17-10-14-29-15-11-17)27-18-4-3-13-28(16-18)19-5-7-20(8-6-19)30-21(23)24;/h5-8,10,18,21H,2-4,9,11-16H2,1H3,(H2,25,26,27);1H. The van der Waals surface area contributed by atoms with E-state index in [1.165, 1.54) is 5.57 Å². The van der Waals surface area contributed by atoms with Gasteiger partial charge in [-0.3, -0.25) is 4.99 Å². The third-order valence-corrected chi connectivity index (χ3v) is 5.29. The Labute approximate surface area is 200 Å². The Morgan fingerprint density at radius 1 is 1.32 bits per heavy atom. The van der Waals surface area contributed by atoms with Crippen LogP contribution in [-0.4, -0.2) is 58.0 Å². The minimum atomic E-state index is -2.80. The second-order valence-electron chi connectivity index (χ2n) is 7.50. The van der Waals surface area contributed by atoms with E-state index >= 15 is 0 Å². The molecule has 0 aromatic heterocycles. The molecule has 174 valence electrons. The molecule has 1 fully saturated rings. The first-order valence-electron chi connectivity index (χ1n) is 10.7. The number of benzene rings is 1. The molecule has 31 heavy (non-hydrogen) atoms. The molecule has 2 aliphatic rings. The van der Waals surface area contributed by atoms with E-state index in [0.717, 1.165) is 70.1 Å². The van der Waals surface area contributed by atoms with E-state index in [9.17, 15) is 8.78 Å². The molecule has 0 saturated carbocycles. The first-order chi connectivity index (χ1) is 14.6. The van der Waals surface area contributed by atoms with Crippen molar-refractivity contribution in [2.45, 2.75) is 45.3 Å². The Hall–Kier alpha value is -1.62. The van der Waals surface area contributed by atoms with Gasteiger partial charge < -0.3 is 25.0 Å². The van der Waals surface area contributed by atoms with Crippen molar-refractivity contribution >= 4 is 35.6 Å². The average molecular weight is 550 g/mol. The van der Waals surface area contributed by atoms with E-state index in [2.05, 4.69) is 33.3 Å². The summed E-state index contributed by atoms with van der Waals surface area (Å²) in [7, 11) is 0. The molecule has 1 aromatic rings. The summed E-state index contributed by atoms with van der Waals surface area (Å²) in [6.07, 6.45) is 6.24. The predicted octanol–water partition coefficient (Wildman–Crippen LogP) is 4.17. The van der Waals surface area contributed by atoms with Crippen molar-refractivity contribution < 1.29 is 18.3 Å². The van der Waals surface area contributed by atoms with E-state index in [4.69, 9.17) is 9.73 Å². The topological polar surface area (TPSA) is 58.1 Å².